The number of aromatic hydroxyl groups is 1. The number of halogens is 3. The first-order chi connectivity index (χ1) is 19.5. The molecule has 1 amide bonds. The lowest BCUT2D eigenvalue weighted by molar-refractivity contribution is -0.148. The summed E-state index contributed by atoms with van der Waals surface area (Å²) in [7, 11) is 2.91. The molecule has 0 aromatic heterocycles. The first-order valence-corrected chi connectivity index (χ1v) is 13.5. The summed E-state index contributed by atoms with van der Waals surface area (Å²) in [4.78, 5) is 42.2. The second kappa shape index (κ2) is 10.1. The highest BCUT2D eigenvalue weighted by molar-refractivity contribution is 6.24. The molecule has 5 rings (SSSR count). The summed E-state index contributed by atoms with van der Waals surface area (Å²) in [5.41, 5.74) is -1.59. The van der Waals surface area contributed by atoms with Crippen LogP contribution in [0.15, 0.2) is 28.7 Å². The third kappa shape index (κ3) is 4.39. The molecule has 1 aromatic rings. The number of hydrogen-bond donors (Lipinski definition) is 6. The molecular weight excluding hydrogens is 563 g/mol. The number of amides is 1. The molecule has 7 N–H and O–H groups in total. The number of aliphatic hydroxyl groups is 4. The SMILES string of the molecule is CN(C)[C@@H]1C(O)=C(C(N)=O)C(=O)[C@@]2(O)C(O)=C3C(=O)c4c(O)cc(CN5CCC(O)CC5)c(C(F)(F)F)c4C[C@H]3C[C@@H]12. The largest absolute Gasteiger partial charge is 0.510 e. The maximum absolute atomic E-state index is 14.6. The van der Waals surface area contributed by atoms with E-state index in [9.17, 15) is 53.1 Å². The molecule has 1 aromatic carbocycles. The summed E-state index contributed by atoms with van der Waals surface area (Å²) < 4.78 is 43.9. The Hall–Kier alpha value is -3.46. The van der Waals surface area contributed by atoms with E-state index in [-0.39, 0.29) is 18.5 Å². The predicted molar refractivity (Wildman–Crippen MR) is 139 cm³/mol. The Bertz CT molecular complexity index is 1440. The van der Waals surface area contributed by atoms with Crippen LogP contribution in [0.25, 0.3) is 0 Å². The Labute approximate surface area is 238 Å². The second-order valence-electron chi connectivity index (χ2n) is 11.8. The van der Waals surface area contributed by atoms with Gasteiger partial charge in [-0.25, -0.2) is 0 Å². The Morgan fingerprint density at radius 1 is 1.17 bits per heavy atom. The standard InChI is InChI=1S/C28H32F3N3O8/c1-33(2)21-15-8-11-7-14-18(22(37)17(11)24(39)27(15,42)25(40)19(23(21)38)26(32)41)16(36)9-12(20(14)28(29,30)31)10-34-5-3-13(35)4-6-34/h9,11,13,15,21,35-36,38-39,42H,3-8,10H2,1-2H3,(H2,32,41)/t11-,15-,21-,27-/m0/s1. The van der Waals surface area contributed by atoms with Crippen LogP contribution in [0.2, 0.25) is 0 Å². The van der Waals surface area contributed by atoms with Gasteiger partial charge in [-0.3, -0.25) is 24.2 Å². The van der Waals surface area contributed by atoms with E-state index in [0.29, 0.717) is 25.9 Å². The highest BCUT2D eigenvalue weighted by Gasteiger charge is 2.63. The number of Topliss-reactive ketones (excluding diaryl/α,β-unsaturated/α-hetero) is 2. The number of benzene rings is 1. The number of phenols is 1. The van der Waals surface area contributed by atoms with Crippen LogP contribution in [0.1, 0.15) is 46.3 Å². The fourth-order valence-corrected chi connectivity index (χ4v) is 7.19. The fraction of sp³-hybridized carbons (Fsp3) is 0.536. The molecule has 1 fully saturated rings. The van der Waals surface area contributed by atoms with Gasteiger partial charge in [0, 0.05) is 31.1 Å². The number of fused-ring (bicyclic) bond motifs is 3. The van der Waals surface area contributed by atoms with Gasteiger partial charge in [-0.05, 0) is 62.9 Å². The molecule has 4 atom stereocenters. The first kappa shape index (κ1) is 30.0. The van der Waals surface area contributed by atoms with Crippen molar-refractivity contribution in [1.82, 2.24) is 9.80 Å². The summed E-state index contributed by atoms with van der Waals surface area (Å²) in [6.07, 6.45) is -5.51. The van der Waals surface area contributed by atoms with Crippen molar-refractivity contribution < 1.29 is 53.1 Å². The molecule has 11 nitrogen and oxygen atoms in total. The molecule has 0 bridgehead atoms. The number of nitrogens with zero attached hydrogens (tertiary/aromatic N) is 2. The molecule has 1 saturated heterocycles. The minimum atomic E-state index is -4.92. The van der Waals surface area contributed by atoms with Crippen LogP contribution in [0.3, 0.4) is 0 Å². The molecule has 14 heteroatoms. The molecule has 228 valence electrons. The van der Waals surface area contributed by atoms with Crippen molar-refractivity contribution in [1.29, 1.82) is 0 Å². The molecule has 4 aliphatic rings. The van der Waals surface area contributed by atoms with Crippen molar-refractivity contribution in [3.8, 4) is 5.75 Å². The van der Waals surface area contributed by atoms with Gasteiger partial charge in [0.25, 0.3) is 5.91 Å². The highest BCUT2D eigenvalue weighted by Crippen LogP contribution is 2.54. The van der Waals surface area contributed by atoms with Crippen LogP contribution in [-0.2, 0) is 28.7 Å². The monoisotopic (exact) mass is 595 g/mol. The number of carbonyl (C=O) groups excluding carboxylic acids is 3. The number of ketones is 2. The lowest BCUT2D eigenvalue weighted by atomic mass is 9.58. The first-order valence-electron chi connectivity index (χ1n) is 13.5. The van der Waals surface area contributed by atoms with Crippen LogP contribution < -0.4 is 5.73 Å². The van der Waals surface area contributed by atoms with E-state index in [0.717, 1.165) is 6.07 Å². The van der Waals surface area contributed by atoms with E-state index in [1.165, 1.54) is 19.0 Å². The van der Waals surface area contributed by atoms with Gasteiger partial charge in [-0.15, -0.1) is 0 Å². The average molecular weight is 596 g/mol. The number of hydrogen-bond acceptors (Lipinski definition) is 10. The van der Waals surface area contributed by atoms with E-state index >= 15 is 0 Å². The van der Waals surface area contributed by atoms with Gasteiger partial charge in [0.2, 0.25) is 5.78 Å². The predicted octanol–water partition coefficient (Wildman–Crippen LogP) is 1.10. The van der Waals surface area contributed by atoms with Gasteiger partial charge in [-0.1, -0.05) is 0 Å². The van der Waals surface area contributed by atoms with Gasteiger partial charge >= 0.3 is 6.18 Å². The quantitative estimate of drug-likeness (QED) is 0.276. The van der Waals surface area contributed by atoms with E-state index < -0.39 is 105 Å². The minimum Gasteiger partial charge on any atom is -0.510 e. The van der Waals surface area contributed by atoms with Gasteiger partial charge in [0.05, 0.1) is 23.3 Å². The molecule has 0 spiro atoms. The molecule has 0 saturated carbocycles. The molecular formula is C28H32F3N3O8. The lowest BCUT2D eigenvalue weighted by Crippen LogP contribution is -2.63. The Morgan fingerprint density at radius 3 is 2.33 bits per heavy atom. The van der Waals surface area contributed by atoms with Gasteiger partial charge in [0.15, 0.2) is 11.4 Å². The highest BCUT2D eigenvalue weighted by atomic mass is 19.4. The number of likely N-dealkylation sites (tertiary alicyclic amines) is 1. The van der Waals surface area contributed by atoms with Crippen LogP contribution in [0, 0.1) is 11.8 Å². The van der Waals surface area contributed by atoms with Crippen LogP contribution in [-0.4, -0.2) is 97.7 Å². The number of allylic oxidation sites excluding steroid dienone is 1. The number of carbonyl (C=O) groups is 3. The summed E-state index contributed by atoms with van der Waals surface area (Å²) >= 11 is 0. The summed E-state index contributed by atoms with van der Waals surface area (Å²) in [5.74, 6) is -9.14. The van der Waals surface area contributed by atoms with Gasteiger partial charge in [0.1, 0.15) is 22.8 Å². The van der Waals surface area contributed by atoms with E-state index in [2.05, 4.69) is 0 Å². The molecule has 42 heavy (non-hydrogen) atoms. The van der Waals surface area contributed by atoms with E-state index in [1.807, 2.05) is 0 Å². The lowest BCUT2D eigenvalue weighted by Gasteiger charge is -2.50. The minimum absolute atomic E-state index is 0.191. The zero-order valence-corrected chi connectivity index (χ0v) is 22.9. The number of rotatable bonds is 4. The van der Waals surface area contributed by atoms with Crippen molar-refractivity contribution in [3.63, 3.8) is 0 Å². The third-order valence-electron chi connectivity index (χ3n) is 9.04. The Balaban J connectivity index is 1.67. The van der Waals surface area contributed by atoms with Gasteiger partial charge in [-0.2, -0.15) is 13.2 Å². The maximum atomic E-state index is 14.6. The smallest absolute Gasteiger partial charge is 0.417 e. The van der Waals surface area contributed by atoms with Crippen molar-refractivity contribution in [2.75, 3.05) is 27.2 Å². The maximum Gasteiger partial charge on any atom is 0.417 e. The Kier molecular flexibility index (Phi) is 7.20. The zero-order chi connectivity index (χ0) is 31.0. The normalized spacial score (nSPS) is 29.1. The number of phenolic OH excluding ortho intramolecular Hbond substituents is 1. The fourth-order valence-electron chi connectivity index (χ4n) is 7.19. The number of primary amides is 1. The van der Waals surface area contributed by atoms with Crippen molar-refractivity contribution in [2.45, 2.75) is 56.2 Å². The molecule has 3 aliphatic carbocycles. The topological polar surface area (TPSA) is 185 Å². The molecule has 0 radical (unpaired) electrons. The zero-order valence-electron chi connectivity index (χ0n) is 22.9. The number of alkyl halides is 3. The van der Waals surface area contributed by atoms with Gasteiger partial charge < -0.3 is 31.3 Å². The molecule has 0 unspecified atom stereocenters. The summed E-state index contributed by atoms with van der Waals surface area (Å²) in [6, 6.07) is -0.394. The third-order valence-corrected chi connectivity index (χ3v) is 9.04. The number of aliphatic hydroxyl groups excluding tert-OH is 3. The van der Waals surface area contributed by atoms with Crippen LogP contribution in [0.4, 0.5) is 13.2 Å². The second-order valence-corrected chi connectivity index (χ2v) is 11.8. The van der Waals surface area contributed by atoms with E-state index in [4.69, 9.17) is 5.73 Å². The van der Waals surface area contributed by atoms with Crippen LogP contribution in [0.5, 0.6) is 5.75 Å². The van der Waals surface area contributed by atoms with E-state index in [1.54, 1.807) is 4.90 Å². The van der Waals surface area contributed by atoms with Crippen molar-refractivity contribution >= 4 is 17.5 Å². The number of likely N-dealkylation sites (N-methyl/N-ethyl adjacent to an activating group) is 1. The summed E-state index contributed by atoms with van der Waals surface area (Å²) in [5, 5.41) is 54.4. The number of piperidine rings is 1. The molecule has 1 heterocycles. The molecule has 1 aliphatic heterocycles. The average Bonchev–Trinajstić information content (AvgIpc) is 2.86. The number of nitrogens with two attached hydrogens (primary N) is 1. The van der Waals surface area contributed by atoms with Crippen molar-refractivity contribution in [3.05, 3.63) is 51.0 Å². The Morgan fingerprint density at radius 2 is 1.79 bits per heavy atom. The van der Waals surface area contributed by atoms with Crippen molar-refractivity contribution in [2.24, 2.45) is 17.6 Å². The van der Waals surface area contributed by atoms with Crippen LogP contribution >= 0.6 is 0 Å². The summed E-state index contributed by atoms with van der Waals surface area (Å²) in [6.45, 7) is 0.482.